The fourth-order valence-electron chi connectivity index (χ4n) is 12.3. The lowest BCUT2D eigenvalue weighted by Crippen LogP contribution is -2.59. The maximum Gasteiger partial charge on any atom is 0.408 e. The van der Waals surface area contributed by atoms with Gasteiger partial charge in [0.1, 0.15) is 60.0 Å². The van der Waals surface area contributed by atoms with E-state index < -0.39 is 150 Å². The Morgan fingerprint density at radius 1 is 0.434 bits per heavy atom. The van der Waals surface area contributed by atoms with Crippen molar-refractivity contribution in [1.29, 1.82) is 0 Å². The first kappa shape index (κ1) is 96.7. The Morgan fingerprint density at radius 2 is 0.761 bits per heavy atom. The summed E-state index contributed by atoms with van der Waals surface area (Å²) in [4.78, 5) is 224. The molecule has 34 nitrogen and oxygen atoms in total. The minimum atomic E-state index is -1.50. The number of alkyl carbamates (subject to hydrolysis) is 1. The van der Waals surface area contributed by atoms with E-state index in [9.17, 15) is 67.1 Å². The van der Waals surface area contributed by atoms with Gasteiger partial charge in [0, 0.05) is 97.2 Å². The highest BCUT2D eigenvalue weighted by Crippen LogP contribution is 2.23. The van der Waals surface area contributed by atoms with Crippen LogP contribution in [-0.4, -0.2) is 236 Å². The van der Waals surface area contributed by atoms with Crippen molar-refractivity contribution in [3.05, 3.63) is 0 Å². The Kier molecular flexibility index (Phi) is 45.1. The Bertz CT molecular complexity index is 3400. The molecule has 3 heterocycles. The number of hydrogen-bond acceptors (Lipinski definition) is 18. The molecule has 3 aliphatic heterocycles. The van der Waals surface area contributed by atoms with Crippen molar-refractivity contribution in [3.63, 3.8) is 0 Å². The van der Waals surface area contributed by atoms with Crippen LogP contribution in [-0.2, 0) is 81.4 Å². The third-order valence-electron chi connectivity index (χ3n) is 18.3. The normalized spacial score (nSPS) is 20.9. The molecule has 14 N–H and O–H groups in total. The third-order valence-corrected chi connectivity index (χ3v) is 18.3. The summed E-state index contributed by atoms with van der Waals surface area (Å²) in [5.41, 5.74) is -1.62. The van der Waals surface area contributed by atoms with Gasteiger partial charge < -0.3 is 93.7 Å². The molecule has 0 spiro atoms. The predicted molar refractivity (Wildman–Crippen MR) is 418 cm³/mol. The zero-order valence-corrected chi connectivity index (χ0v) is 66.9. The van der Waals surface area contributed by atoms with Gasteiger partial charge in [-0.2, -0.15) is 0 Å². The van der Waals surface area contributed by atoms with E-state index in [0.29, 0.717) is 32.1 Å². The number of rotatable bonds is 37. The lowest BCUT2D eigenvalue weighted by Gasteiger charge is -2.30. The van der Waals surface area contributed by atoms with Gasteiger partial charge in [0.15, 0.2) is 0 Å². The van der Waals surface area contributed by atoms with Crippen molar-refractivity contribution < 1.29 is 86.2 Å². The topological polar surface area (TPSA) is 466 Å². The summed E-state index contributed by atoms with van der Waals surface area (Å²) in [5.74, 6) is -0.328. The molecule has 9 atom stereocenters. The average Bonchev–Trinajstić information content (AvgIpc) is 1.81. The van der Waals surface area contributed by atoms with Gasteiger partial charge in [0.2, 0.25) is 88.6 Å². The molecule has 3 saturated heterocycles. The van der Waals surface area contributed by atoms with Crippen LogP contribution in [0.25, 0.3) is 0 Å². The van der Waals surface area contributed by atoms with Crippen LogP contribution in [0.1, 0.15) is 222 Å². The van der Waals surface area contributed by atoms with E-state index in [-0.39, 0.29) is 217 Å². The molecule has 3 aliphatic rings. The van der Waals surface area contributed by atoms with Gasteiger partial charge in [0.25, 0.3) is 0 Å². The quantitative estimate of drug-likeness (QED) is 0.0286. The molecule has 0 aromatic heterocycles. The number of fused-ring (bicyclic) bond motifs is 2. The Labute approximate surface area is 664 Å². The molecule has 0 saturated carbocycles. The van der Waals surface area contributed by atoms with Crippen LogP contribution in [0.5, 0.6) is 0 Å². The van der Waals surface area contributed by atoms with Crippen molar-refractivity contribution in [1.82, 2.24) is 84.2 Å². The molecule has 0 aromatic carbocycles. The maximum atomic E-state index is 15.2. The van der Waals surface area contributed by atoms with Gasteiger partial charge in [0.05, 0.1) is 25.3 Å². The molecule has 16 amide bonds. The van der Waals surface area contributed by atoms with Crippen LogP contribution >= 0.6 is 0 Å². The Hall–Kier alpha value is -10.5. The van der Waals surface area contributed by atoms with Crippen molar-refractivity contribution in [2.24, 2.45) is 0 Å². The summed E-state index contributed by atoms with van der Waals surface area (Å²) in [6, 6.07) is -12.0. The summed E-state index contributed by atoms with van der Waals surface area (Å²) in [6.45, 7) is 10.7. The van der Waals surface area contributed by atoms with Crippen LogP contribution in [0, 0.1) is 49.4 Å². The zero-order valence-electron chi connectivity index (χ0n) is 66.9. The molecule has 0 aliphatic carbocycles. The lowest BCUT2D eigenvalue weighted by molar-refractivity contribution is -0.142. The highest BCUT2D eigenvalue weighted by atomic mass is 16.6. The number of unbranched alkanes of at least 4 members (excludes halogenated alkanes) is 5. The van der Waals surface area contributed by atoms with E-state index in [4.69, 9.17) is 35.2 Å². The molecule has 0 unspecified atom stereocenters. The second-order valence-corrected chi connectivity index (χ2v) is 30.1. The number of nitrogens with zero attached hydrogens (tertiary/aromatic N) is 2. The smallest absolute Gasteiger partial charge is 0.408 e. The van der Waals surface area contributed by atoms with Crippen LogP contribution in [0.3, 0.4) is 0 Å². The summed E-state index contributed by atoms with van der Waals surface area (Å²) >= 11 is 0. The number of hydrogen-bond donors (Lipinski definition) is 14. The molecule has 3 fully saturated rings. The van der Waals surface area contributed by atoms with Crippen molar-refractivity contribution in [3.8, 4) is 49.4 Å². The second-order valence-electron chi connectivity index (χ2n) is 30.1. The fraction of sp³-hybridized carbons (Fsp3) is 0.696. The van der Waals surface area contributed by atoms with Crippen molar-refractivity contribution in [2.45, 2.75) is 287 Å². The fourth-order valence-corrected chi connectivity index (χ4v) is 12.3. The van der Waals surface area contributed by atoms with Crippen LogP contribution in [0.2, 0.25) is 0 Å². The monoisotopic (exact) mass is 1580 g/mol. The first-order chi connectivity index (χ1) is 53.7. The number of ether oxygens (including phenoxy) is 2. The van der Waals surface area contributed by atoms with Crippen LogP contribution in [0.15, 0.2) is 0 Å². The number of terminal acetylenes is 4. The summed E-state index contributed by atoms with van der Waals surface area (Å²) in [5, 5.41) is 37.7. The molecular weight excluding hydrogens is 1460 g/mol. The Balaban J connectivity index is 2.19. The summed E-state index contributed by atoms with van der Waals surface area (Å²) in [7, 11) is 0. The van der Waals surface area contributed by atoms with Crippen LogP contribution in [0.4, 0.5) is 4.79 Å². The summed E-state index contributed by atoms with van der Waals surface area (Å²) in [6.07, 6.45) is 24.5. The standard InChI is InChI=1S/C79H122N16O18/c1-12-16-39-62(96)80-43-25-20-32-54-70(104)87-53(5)68(102)91-57(35-23-27-45-82-64(98)41-18-14-3)75(109)94-48-30-37-60(94)73(107)86-51-67(101)89-55(33-21-26-44-81-63(97)40-17-13-2)71(105)90-56(34-22-29-47-84-69(103)59(52-112-78(6,7)8)93-77(111)113-79(9,10)11)72(106)92-58(36-24-28-46-83-65(99)42-19-15-4)76(110)95-49-31-38-61(95)74(108)85-50-66(100)88-54/h1-4,53-61H,16-52H2,5-11H3,(H,80,96)(H,81,97)(H,82,98)(H,83,99)(H,84,103)(H,85,108)(H,86,107)(H,87,104)(H,88,100)(H,89,101)(H,90,105)(H,91,102)(H,92,106)(H,93,111)/t53-,54-,55-,56-,57-,58-,59-,60-,61-/m0/s1. The van der Waals surface area contributed by atoms with E-state index in [1.54, 1.807) is 41.5 Å². The van der Waals surface area contributed by atoms with Gasteiger partial charge in [-0.25, -0.2) is 4.79 Å². The highest BCUT2D eigenvalue weighted by Gasteiger charge is 2.41. The highest BCUT2D eigenvalue weighted by molar-refractivity contribution is 5.99. The first-order valence-corrected chi connectivity index (χ1v) is 39.4. The van der Waals surface area contributed by atoms with Crippen LogP contribution < -0.4 is 74.4 Å². The Morgan fingerprint density at radius 3 is 1.12 bits per heavy atom. The molecule has 113 heavy (non-hydrogen) atoms. The molecule has 0 aromatic rings. The maximum absolute atomic E-state index is 15.2. The van der Waals surface area contributed by atoms with Gasteiger partial charge in [-0.05, 0) is 170 Å². The van der Waals surface area contributed by atoms with Crippen molar-refractivity contribution >= 4 is 94.7 Å². The largest absolute Gasteiger partial charge is 0.444 e. The average molecular weight is 1580 g/mol. The number of carbonyl (C=O) groups excluding carboxylic acids is 16. The number of amides is 16. The van der Waals surface area contributed by atoms with E-state index in [1.165, 1.54) is 16.7 Å². The van der Waals surface area contributed by atoms with E-state index in [2.05, 4.69) is 98.1 Å². The summed E-state index contributed by atoms with van der Waals surface area (Å²) < 4.78 is 11.3. The molecule has 0 bridgehead atoms. The van der Waals surface area contributed by atoms with Gasteiger partial charge in [-0.15, -0.1) is 49.4 Å². The minimum Gasteiger partial charge on any atom is -0.444 e. The van der Waals surface area contributed by atoms with Gasteiger partial charge >= 0.3 is 6.09 Å². The van der Waals surface area contributed by atoms with Gasteiger partial charge in [-0.3, -0.25) is 71.9 Å². The second kappa shape index (κ2) is 52.7. The molecule has 626 valence electrons. The number of carbonyl (C=O) groups is 16. The van der Waals surface area contributed by atoms with Gasteiger partial charge in [-0.1, -0.05) is 0 Å². The molecular formula is C79H122N16O18. The SMILES string of the molecule is C#CCCC(=O)NCCCC[C@@H]1NC(=O)CNC(=O)[C@@H]2CCCN2C(=O)[C@H](CCCCNC(=O)CCC#C)NC(=O)[C@H](CCCCNC(=O)[C@H](COC(C)(C)C)NC(=O)OC(C)(C)C)NC(=O)[C@H](CCCCNC(=O)CCC#C)NC(=O)CNC(=O)[C@@H]2CCCN2C(=O)[C@H](CCCCNC(=O)CCC#C)NC(=O)[C@H](C)NC1=O. The lowest BCUT2D eigenvalue weighted by atomic mass is 10.0. The van der Waals surface area contributed by atoms with E-state index in [1.807, 2.05) is 0 Å². The molecule has 34 heteroatoms. The van der Waals surface area contributed by atoms with E-state index >= 15 is 9.59 Å². The molecule has 3 rings (SSSR count). The van der Waals surface area contributed by atoms with E-state index in [0.717, 1.165) is 0 Å². The van der Waals surface area contributed by atoms with Crippen molar-refractivity contribution in [2.75, 3.05) is 65.5 Å². The minimum absolute atomic E-state index is 0.0135. The molecule has 0 radical (unpaired) electrons. The third kappa shape index (κ3) is 40.0. The predicted octanol–water partition coefficient (Wildman–Crippen LogP) is -0.0624. The zero-order chi connectivity index (χ0) is 83.9. The number of nitrogens with one attached hydrogen (secondary N) is 14. The first-order valence-electron chi connectivity index (χ1n) is 39.4.